The third-order valence-electron chi connectivity index (χ3n) is 2.73. The molecule has 0 heterocycles. The van der Waals surface area contributed by atoms with Crippen molar-refractivity contribution in [3.05, 3.63) is 34.9 Å². The van der Waals surface area contributed by atoms with E-state index in [1.165, 1.54) is 0 Å². The van der Waals surface area contributed by atoms with Crippen molar-refractivity contribution in [2.45, 2.75) is 38.1 Å². The van der Waals surface area contributed by atoms with Gasteiger partial charge in [0, 0.05) is 5.02 Å². The zero-order chi connectivity index (χ0) is 14.3. The van der Waals surface area contributed by atoms with Crippen molar-refractivity contribution in [3.63, 3.8) is 0 Å². The summed E-state index contributed by atoms with van der Waals surface area (Å²) in [5, 5.41) is 9.27. The second kappa shape index (κ2) is 8.12. The largest absolute Gasteiger partial charge is 0.480 e. The van der Waals surface area contributed by atoms with Crippen LogP contribution in [0.5, 0.6) is 0 Å². The molecule has 0 spiro atoms. The van der Waals surface area contributed by atoms with Crippen molar-refractivity contribution in [3.8, 4) is 0 Å². The minimum Gasteiger partial charge on any atom is -0.480 e. The summed E-state index contributed by atoms with van der Waals surface area (Å²) < 4.78 is 5.46. The van der Waals surface area contributed by atoms with Gasteiger partial charge in [0.2, 0.25) is 0 Å². The average Bonchev–Trinajstić information content (AvgIpc) is 2.37. The third kappa shape index (κ3) is 6.02. The fourth-order valence-electron chi connectivity index (χ4n) is 1.56. The third-order valence-corrected chi connectivity index (χ3v) is 3.10. The number of aliphatic carboxylic acids is 1. The predicted octanol–water partition coefficient (Wildman–Crippen LogP) is 1.72. The van der Waals surface area contributed by atoms with Crippen molar-refractivity contribution in [1.29, 1.82) is 0 Å². The summed E-state index contributed by atoms with van der Waals surface area (Å²) >= 11 is 5.99. The molecular formula is C13H19ClN2O3. The first-order valence-electron chi connectivity index (χ1n) is 6.09. The minimum absolute atomic E-state index is 0.339. The lowest BCUT2D eigenvalue weighted by Crippen LogP contribution is -2.31. The van der Waals surface area contributed by atoms with E-state index < -0.39 is 18.2 Å². The van der Waals surface area contributed by atoms with Gasteiger partial charge in [-0.1, -0.05) is 29.8 Å². The van der Waals surface area contributed by atoms with Crippen molar-refractivity contribution < 1.29 is 14.6 Å². The Morgan fingerprint density at radius 2 is 2.00 bits per heavy atom. The van der Waals surface area contributed by atoms with Crippen LogP contribution in [-0.2, 0) is 16.1 Å². The number of carboxylic acids is 1. The molecule has 0 saturated heterocycles. The van der Waals surface area contributed by atoms with Crippen LogP contribution in [0.25, 0.3) is 0 Å². The molecule has 0 saturated carbocycles. The molecule has 1 rings (SSSR count). The highest BCUT2D eigenvalue weighted by Gasteiger charge is 2.12. The van der Waals surface area contributed by atoms with Crippen LogP contribution in [0.4, 0.5) is 0 Å². The van der Waals surface area contributed by atoms with Crippen molar-refractivity contribution in [2.75, 3.05) is 0 Å². The first-order valence-corrected chi connectivity index (χ1v) is 6.47. The number of carboxylic acid groups (broad SMARTS) is 1. The van der Waals surface area contributed by atoms with Crippen LogP contribution in [0.15, 0.2) is 24.3 Å². The van der Waals surface area contributed by atoms with Crippen molar-refractivity contribution in [1.82, 2.24) is 0 Å². The normalized spacial score (nSPS) is 14.1. The van der Waals surface area contributed by atoms with Gasteiger partial charge >= 0.3 is 5.97 Å². The van der Waals surface area contributed by atoms with E-state index >= 15 is 0 Å². The molecule has 1 aromatic carbocycles. The molecule has 5 nitrogen and oxygen atoms in total. The van der Waals surface area contributed by atoms with Gasteiger partial charge in [-0.15, -0.1) is 0 Å². The van der Waals surface area contributed by atoms with Gasteiger partial charge < -0.3 is 21.3 Å². The van der Waals surface area contributed by atoms with Gasteiger partial charge in [0.05, 0.1) is 6.61 Å². The zero-order valence-electron chi connectivity index (χ0n) is 10.6. The lowest BCUT2D eigenvalue weighted by Gasteiger charge is -2.14. The Labute approximate surface area is 117 Å². The van der Waals surface area contributed by atoms with Gasteiger partial charge in [0.1, 0.15) is 12.3 Å². The molecule has 0 aliphatic heterocycles. The van der Waals surface area contributed by atoms with E-state index in [0.29, 0.717) is 30.9 Å². The molecule has 2 atom stereocenters. The maximum absolute atomic E-state index is 10.5. The van der Waals surface area contributed by atoms with Crippen molar-refractivity contribution >= 4 is 17.6 Å². The maximum atomic E-state index is 10.5. The number of hydrogen-bond donors (Lipinski definition) is 3. The van der Waals surface area contributed by atoms with E-state index in [2.05, 4.69) is 0 Å². The Morgan fingerprint density at radius 1 is 1.32 bits per heavy atom. The fraction of sp³-hybridized carbons (Fsp3) is 0.462. The maximum Gasteiger partial charge on any atom is 0.320 e. The topological polar surface area (TPSA) is 98.6 Å². The monoisotopic (exact) mass is 286 g/mol. The first kappa shape index (κ1) is 15.9. The number of benzene rings is 1. The lowest BCUT2D eigenvalue weighted by molar-refractivity contribution is -0.138. The average molecular weight is 287 g/mol. The van der Waals surface area contributed by atoms with E-state index in [-0.39, 0.29) is 0 Å². The van der Waals surface area contributed by atoms with Crippen LogP contribution in [0.1, 0.15) is 24.8 Å². The molecule has 0 aliphatic carbocycles. The number of ether oxygens (including phenoxy) is 1. The summed E-state index contributed by atoms with van der Waals surface area (Å²) in [5.74, 6) is -0.995. The standard InChI is InChI=1S/C13H19ClN2O3/c14-10-5-2-1-4-9(10)8-19-12(16)7-3-6-11(15)13(17)18/h1-2,4-5,11-12H,3,6-8,15-16H2,(H,17,18)/t11-,12?/m0/s1. The molecular weight excluding hydrogens is 268 g/mol. The van der Waals surface area contributed by atoms with Crippen LogP contribution in [0.3, 0.4) is 0 Å². The Hall–Kier alpha value is -1.14. The smallest absolute Gasteiger partial charge is 0.320 e. The van der Waals surface area contributed by atoms with E-state index in [4.69, 9.17) is 32.9 Å². The van der Waals surface area contributed by atoms with Crippen molar-refractivity contribution in [2.24, 2.45) is 11.5 Å². The summed E-state index contributed by atoms with van der Waals surface area (Å²) in [6.45, 7) is 0.339. The summed E-state index contributed by atoms with van der Waals surface area (Å²) in [4.78, 5) is 10.5. The molecule has 0 bridgehead atoms. The highest BCUT2D eigenvalue weighted by atomic mass is 35.5. The Bertz CT molecular complexity index is 415. The Kier molecular flexibility index (Phi) is 6.80. The number of carbonyl (C=O) groups is 1. The van der Waals surface area contributed by atoms with E-state index in [0.717, 1.165) is 5.56 Å². The molecule has 19 heavy (non-hydrogen) atoms. The number of hydrogen-bond acceptors (Lipinski definition) is 4. The Balaban J connectivity index is 2.23. The fourth-order valence-corrected chi connectivity index (χ4v) is 1.75. The van der Waals surface area contributed by atoms with Crippen LogP contribution in [-0.4, -0.2) is 23.3 Å². The van der Waals surface area contributed by atoms with Crippen LogP contribution >= 0.6 is 11.6 Å². The quantitative estimate of drug-likeness (QED) is 0.632. The number of halogens is 1. The van der Waals surface area contributed by atoms with E-state index in [1.807, 2.05) is 18.2 Å². The second-order valence-corrected chi connectivity index (χ2v) is 4.72. The van der Waals surface area contributed by atoms with Crippen LogP contribution < -0.4 is 11.5 Å². The molecule has 6 heteroatoms. The summed E-state index contributed by atoms with van der Waals surface area (Å²) in [5.41, 5.74) is 12.0. The zero-order valence-corrected chi connectivity index (χ0v) is 11.3. The van der Waals surface area contributed by atoms with Gasteiger partial charge in [-0.2, -0.15) is 0 Å². The van der Waals surface area contributed by atoms with E-state index in [1.54, 1.807) is 6.07 Å². The highest BCUT2D eigenvalue weighted by Crippen LogP contribution is 2.16. The predicted molar refractivity (Wildman–Crippen MR) is 73.7 cm³/mol. The van der Waals surface area contributed by atoms with Gasteiger partial charge in [-0.25, -0.2) is 0 Å². The lowest BCUT2D eigenvalue weighted by atomic mass is 10.1. The summed E-state index contributed by atoms with van der Waals surface area (Å²) in [7, 11) is 0. The molecule has 106 valence electrons. The van der Waals surface area contributed by atoms with Crippen LogP contribution in [0, 0.1) is 0 Å². The van der Waals surface area contributed by atoms with Gasteiger partial charge in [0.15, 0.2) is 0 Å². The molecule has 0 radical (unpaired) electrons. The number of rotatable bonds is 8. The SMILES string of the molecule is NC(CCC[C@H](N)C(=O)O)OCc1ccccc1Cl. The molecule has 0 aromatic heterocycles. The molecule has 0 amide bonds. The van der Waals surface area contributed by atoms with Gasteiger partial charge in [0.25, 0.3) is 0 Å². The Morgan fingerprint density at radius 3 is 2.63 bits per heavy atom. The molecule has 1 aromatic rings. The van der Waals surface area contributed by atoms with Crippen LogP contribution in [0.2, 0.25) is 5.02 Å². The molecule has 1 unspecified atom stereocenters. The first-order chi connectivity index (χ1) is 9.00. The second-order valence-electron chi connectivity index (χ2n) is 4.32. The molecule has 0 aliphatic rings. The van der Waals surface area contributed by atoms with Gasteiger partial charge in [-0.3, -0.25) is 4.79 Å². The number of nitrogens with two attached hydrogens (primary N) is 2. The van der Waals surface area contributed by atoms with E-state index in [9.17, 15) is 4.79 Å². The van der Waals surface area contributed by atoms with Gasteiger partial charge in [-0.05, 0) is 30.9 Å². The highest BCUT2D eigenvalue weighted by molar-refractivity contribution is 6.31. The summed E-state index contributed by atoms with van der Waals surface area (Å²) in [6.07, 6.45) is 1.11. The summed E-state index contributed by atoms with van der Waals surface area (Å²) in [6, 6.07) is 6.55. The molecule has 0 fully saturated rings. The minimum atomic E-state index is -0.995. The molecule has 5 N–H and O–H groups in total.